The van der Waals surface area contributed by atoms with E-state index in [1.807, 2.05) is 13.1 Å². The van der Waals surface area contributed by atoms with E-state index >= 15 is 0 Å². The molecule has 0 N–H and O–H groups in total. The summed E-state index contributed by atoms with van der Waals surface area (Å²) in [5.74, 6) is 2.53. The van der Waals surface area contributed by atoms with Gasteiger partial charge < -0.3 is 4.57 Å². The normalized spacial score (nSPS) is 16.3. The zero-order valence-electron chi connectivity index (χ0n) is 18.2. The van der Waals surface area contributed by atoms with Crippen molar-refractivity contribution in [2.45, 2.75) is 44.9 Å². The Morgan fingerprint density at radius 2 is 1.84 bits per heavy atom. The highest BCUT2D eigenvalue weighted by Gasteiger charge is 2.31. The van der Waals surface area contributed by atoms with Gasteiger partial charge in [-0.05, 0) is 92.0 Å². The number of aromatic nitrogens is 5. The van der Waals surface area contributed by atoms with Gasteiger partial charge in [0.1, 0.15) is 5.82 Å². The summed E-state index contributed by atoms with van der Waals surface area (Å²) in [6.45, 7) is 2.02. The molecule has 2 fully saturated rings. The monoisotopic (exact) mass is 419 g/mol. The molecule has 0 radical (unpaired) electrons. The zero-order chi connectivity index (χ0) is 21.2. The predicted octanol–water partition coefficient (Wildman–Crippen LogP) is 5.87. The lowest BCUT2D eigenvalue weighted by Gasteiger charge is -2.12. The maximum absolute atomic E-state index is 4.66. The first-order chi connectivity index (χ1) is 15.7. The minimum atomic E-state index is 0.602. The van der Waals surface area contributed by atoms with Crippen molar-refractivity contribution in [2.75, 3.05) is 0 Å². The number of rotatable bonds is 5. The van der Waals surface area contributed by atoms with Crippen LogP contribution < -0.4 is 0 Å². The Hall–Kier alpha value is -3.47. The van der Waals surface area contributed by atoms with E-state index in [1.165, 1.54) is 53.3 Å². The number of pyridine rings is 2. The Kier molecular flexibility index (Phi) is 3.83. The molecule has 158 valence electrons. The highest BCUT2D eigenvalue weighted by Crippen LogP contribution is 2.46. The highest BCUT2D eigenvalue weighted by molar-refractivity contribution is 5.88. The Morgan fingerprint density at radius 3 is 2.62 bits per heavy atom. The van der Waals surface area contributed by atoms with Gasteiger partial charge in [0.05, 0.1) is 17.4 Å². The number of nitrogens with zero attached hydrogens (tertiary/aromatic N) is 5. The Balaban J connectivity index is 1.34. The maximum Gasteiger partial charge on any atom is 0.164 e. The number of aryl methyl sites for hydroxylation is 1. The van der Waals surface area contributed by atoms with Crippen molar-refractivity contribution in [1.82, 2.24) is 24.1 Å². The first-order valence-corrected chi connectivity index (χ1v) is 11.7. The fourth-order valence-electron chi connectivity index (χ4n) is 4.91. The minimum absolute atomic E-state index is 0.602. The molecule has 5 nitrogen and oxygen atoms in total. The van der Waals surface area contributed by atoms with Crippen LogP contribution in [-0.2, 0) is 6.42 Å². The quantitative estimate of drug-likeness (QED) is 0.358. The summed E-state index contributed by atoms with van der Waals surface area (Å²) in [7, 11) is 0. The summed E-state index contributed by atoms with van der Waals surface area (Å²) in [5, 5.41) is 10.5. The van der Waals surface area contributed by atoms with Gasteiger partial charge in [-0.2, -0.15) is 0 Å². The second-order valence-electron chi connectivity index (χ2n) is 9.49. The van der Waals surface area contributed by atoms with Crippen LogP contribution in [0.1, 0.15) is 48.7 Å². The number of hydrogen-bond acceptors (Lipinski definition) is 3. The van der Waals surface area contributed by atoms with Gasteiger partial charge in [0, 0.05) is 35.5 Å². The molecular weight excluding hydrogens is 394 g/mol. The van der Waals surface area contributed by atoms with Crippen molar-refractivity contribution in [3.8, 4) is 16.8 Å². The average molecular weight is 420 g/mol. The van der Waals surface area contributed by atoms with Crippen LogP contribution in [0, 0.1) is 12.8 Å². The summed E-state index contributed by atoms with van der Waals surface area (Å²) >= 11 is 0. The molecule has 0 atom stereocenters. The SMILES string of the molecule is Cc1ccc(-n2ccc3cc(-c4ccn5c(CC6CC6)nnc5c4C4CC4)ccc32)cn1. The van der Waals surface area contributed by atoms with E-state index in [0.717, 1.165) is 35.2 Å². The molecule has 2 saturated carbocycles. The van der Waals surface area contributed by atoms with Crippen LogP contribution in [0.4, 0.5) is 0 Å². The fourth-order valence-corrected chi connectivity index (χ4v) is 4.91. The molecule has 0 amide bonds. The largest absolute Gasteiger partial charge is 0.315 e. The van der Waals surface area contributed by atoms with Crippen molar-refractivity contribution in [2.24, 2.45) is 5.92 Å². The van der Waals surface area contributed by atoms with Gasteiger partial charge in [0.2, 0.25) is 0 Å². The lowest BCUT2D eigenvalue weighted by molar-refractivity contribution is 0.757. The Bertz CT molecular complexity index is 1470. The standard InChI is InChI=1S/C27H25N5/c1-17-2-8-22(16-28-17)31-12-10-21-15-20(7-9-24(21)31)23-11-13-32-25(14-18-3-4-18)29-30-27(32)26(23)19-5-6-19/h2,7-13,15-16,18-19H,3-6,14H2,1H3. The Morgan fingerprint density at radius 1 is 0.938 bits per heavy atom. The van der Waals surface area contributed by atoms with E-state index in [4.69, 9.17) is 0 Å². The Labute approximate surface area is 186 Å². The molecule has 5 heteroatoms. The van der Waals surface area contributed by atoms with Gasteiger partial charge in [-0.3, -0.25) is 9.38 Å². The van der Waals surface area contributed by atoms with Crippen molar-refractivity contribution >= 4 is 16.6 Å². The summed E-state index contributed by atoms with van der Waals surface area (Å²) < 4.78 is 4.45. The molecule has 32 heavy (non-hydrogen) atoms. The molecular formula is C27H25N5. The van der Waals surface area contributed by atoms with Crippen LogP contribution in [0.25, 0.3) is 33.4 Å². The van der Waals surface area contributed by atoms with Crippen LogP contribution in [0.3, 0.4) is 0 Å². The summed E-state index contributed by atoms with van der Waals surface area (Å²) in [4.78, 5) is 4.46. The van der Waals surface area contributed by atoms with Gasteiger partial charge in [-0.1, -0.05) is 6.07 Å². The second-order valence-corrected chi connectivity index (χ2v) is 9.49. The third-order valence-corrected chi connectivity index (χ3v) is 7.02. The van der Waals surface area contributed by atoms with Gasteiger partial charge in [0.15, 0.2) is 5.65 Å². The van der Waals surface area contributed by atoms with E-state index in [0.29, 0.717) is 5.92 Å². The molecule has 5 aromatic rings. The topological polar surface area (TPSA) is 48.0 Å². The lowest BCUT2D eigenvalue weighted by Crippen LogP contribution is -1.99. The van der Waals surface area contributed by atoms with Crippen LogP contribution in [0.5, 0.6) is 0 Å². The third-order valence-electron chi connectivity index (χ3n) is 7.02. The third kappa shape index (κ3) is 2.95. The van der Waals surface area contributed by atoms with Gasteiger partial charge >= 0.3 is 0 Å². The van der Waals surface area contributed by atoms with Crippen molar-refractivity contribution < 1.29 is 0 Å². The fraction of sp³-hybridized carbons (Fsp3) is 0.296. The van der Waals surface area contributed by atoms with Crippen LogP contribution >= 0.6 is 0 Å². The predicted molar refractivity (Wildman–Crippen MR) is 126 cm³/mol. The number of hydrogen-bond donors (Lipinski definition) is 0. The van der Waals surface area contributed by atoms with E-state index in [2.05, 4.69) is 79.0 Å². The first-order valence-electron chi connectivity index (χ1n) is 11.7. The van der Waals surface area contributed by atoms with Crippen molar-refractivity contribution in [3.05, 3.63) is 78.1 Å². The molecule has 2 aliphatic carbocycles. The van der Waals surface area contributed by atoms with Crippen LogP contribution in [0.2, 0.25) is 0 Å². The smallest absolute Gasteiger partial charge is 0.164 e. The molecule has 1 aromatic carbocycles. The van der Waals surface area contributed by atoms with Crippen LogP contribution in [0.15, 0.2) is 61.1 Å². The molecule has 0 aliphatic heterocycles. The van der Waals surface area contributed by atoms with E-state index in [9.17, 15) is 0 Å². The van der Waals surface area contributed by atoms with Crippen molar-refractivity contribution in [1.29, 1.82) is 0 Å². The van der Waals surface area contributed by atoms with E-state index in [1.54, 1.807) is 0 Å². The molecule has 2 aliphatic rings. The number of benzene rings is 1. The molecule has 4 heterocycles. The summed E-state index contributed by atoms with van der Waals surface area (Å²) in [5.41, 5.74) is 8.31. The number of fused-ring (bicyclic) bond motifs is 2. The minimum Gasteiger partial charge on any atom is -0.315 e. The maximum atomic E-state index is 4.66. The van der Waals surface area contributed by atoms with E-state index < -0.39 is 0 Å². The van der Waals surface area contributed by atoms with Gasteiger partial charge in [-0.25, -0.2) is 0 Å². The molecule has 0 bridgehead atoms. The molecule has 0 unspecified atom stereocenters. The van der Waals surface area contributed by atoms with Gasteiger partial charge in [0.25, 0.3) is 0 Å². The summed E-state index contributed by atoms with van der Waals surface area (Å²) in [6.07, 6.45) is 12.5. The first kappa shape index (κ1) is 18.1. The van der Waals surface area contributed by atoms with Crippen molar-refractivity contribution in [3.63, 3.8) is 0 Å². The zero-order valence-corrected chi connectivity index (χ0v) is 18.2. The molecule has 4 aromatic heterocycles. The van der Waals surface area contributed by atoms with E-state index in [-0.39, 0.29) is 0 Å². The molecule has 0 spiro atoms. The highest BCUT2D eigenvalue weighted by atomic mass is 15.2. The second kappa shape index (κ2) is 6.76. The molecule has 7 rings (SSSR count). The van der Waals surface area contributed by atoms with Crippen LogP contribution in [-0.4, -0.2) is 24.1 Å². The average Bonchev–Trinajstić information content (AvgIpc) is 3.74. The molecule has 0 saturated heterocycles. The summed E-state index contributed by atoms with van der Waals surface area (Å²) in [6, 6.07) is 15.4. The lowest BCUT2D eigenvalue weighted by atomic mass is 9.97. The van der Waals surface area contributed by atoms with Gasteiger partial charge in [-0.15, -0.1) is 10.2 Å².